The van der Waals surface area contributed by atoms with E-state index in [1.54, 1.807) is 0 Å². The Bertz CT molecular complexity index is 402. The number of hydrogen-bond donors (Lipinski definition) is 0. The molecule has 0 spiro atoms. The maximum atomic E-state index is 4.92. The monoisotopic (exact) mass is 247 g/mol. The van der Waals surface area contributed by atoms with Gasteiger partial charge in [-0.1, -0.05) is 13.8 Å². The van der Waals surface area contributed by atoms with E-state index >= 15 is 0 Å². The van der Waals surface area contributed by atoms with Gasteiger partial charge in [-0.05, 0) is 44.8 Å². The molecule has 3 heteroatoms. The van der Waals surface area contributed by atoms with Gasteiger partial charge in [-0.3, -0.25) is 0 Å². The van der Waals surface area contributed by atoms with Crippen LogP contribution >= 0.6 is 0 Å². The van der Waals surface area contributed by atoms with Gasteiger partial charge in [0.25, 0.3) is 0 Å². The molecule has 1 fully saturated rings. The van der Waals surface area contributed by atoms with E-state index < -0.39 is 0 Å². The number of hydrogen-bond acceptors (Lipinski definition) is 2. The molecule has 100 valence electrons. The molecule has 1 unspecified atom stereocenters. The molecule has 18 heavy (non-hydrogen) atoms. The first-order valence-corrected chi connectivity index (χ1v) is 7.54. The molecule has 1 atom stereocenters. The van der Waals surface area contributed by atoms with Crippen molar-refractivity contribution in [3.05, 3.63) is 17.7 Å². The Morgan fingerprint density at radius 2 is 2.00 bits per heavy atom. The lowest BCUT2D eigenvalue weighted by Gasteiger charge is -2.30. The Morgan fingerprint density at radius 1 is 1.22 bits per heavy atom. The summed E-state index contributed by atoms with van der Waals surface area (Å²) in [4.78, 5) is 7.47. The van der Waals surface area contributed by atoms with Gasteiger partial charge < -0.3 is 9.47 Å². The molecule has 0 aliphatic carbocycles. The van der Waals surface area contributed by atoms with E-state index in [-0.39, 0.29) is 0 Å². The number of aromatic nitrogens is 2. The largest absolute Gasteiger partial charge is 0.335 e. The maximum absolute atomic E-state index is 4.92. The van der Waals surface area contributed by atoms with Crippen LogP contribution in [0.25, 0.3) is 0 Å². The number of aryl methyl sites for hydroxylation is 1. The topological polar surface area (TPSA) is 21.1 Å². The second kappa shape index (κ2) is 5.04. The van der Waals surface area contributed by atoms with Crippen LogP contribution in [0.3, 0.4) is 0 Å². The minimum absolute atomic E-state index is 0.709. The van der Waals surface area contributed by atoms with Crippen LogP contribution in [0.5, 0.6) is 0 Å². The molecule has 0 amide bonds. The number of nitrogens with zero attached hydrogens (tertiary/aromatic N) is 3. The SMILES string of the molecule is CCN1CCC(c2cn3c(n2)CC(C)CC3)CC1. The van der Waals surface area contributed by atoms with Crippen molar-refractivity contribution in [3.63, 3.8) is 0 Å². The van der Waals surface area contributed by atoms with Crippen molar-refractivity contribution in [2.75, 3.05) is 19.6 Å². The standard InChI is InChI=1S/C15H25N3/c1-3-17-7-5-13(6-8-17)14-11-18-9-4-12(2)10-15(18)16-14/h11-13H,3-10H2,1-2H3. The van der Waals surface area contributed by atoms with Gasteiger partial charge in [0.2, 0.25) is 0 Å². The summed E-state index contributed by atoms with van der Waals surface area (Å²) in [7, 11) is 0. The smallest absolute Gasteiger partial charge is 0.109 e. The molecule has 0 aromatic carbocycles. The van der Waals surface area contributed by atoms with E-state index in [4.69, 9.17) is 4.98 Å². The summed E-state index contributed by atoms with van der Waals surface area (Å²) in [6, 6.07) is 0. The van der Waals surface area contributed by atoms with Gasteiger partial charge in [0.05, 0.1) is 5.69 Å². The Balaban J connectivity index is 1.70. The second-order valence-corrected chi connectivity index (χ2v) is 6.08. The molecular formula is C15H25N3. The van der Waals surface area contributed by atoms with Gasteiger partial charge in [0, 0.05) is 25.1 Å². The van der Waals surface area contributed by atoms with Crippen molar-refractivity contribution in [2.24, 2.45) is 5.92 Å². The van der Waals surface area contributed by atoms with Crippen LogP contribution in [-0.4, -0.2) is 34.1 Å². The summed E-state index contributed by atoms with van der Waals surface area (Å²) in [5, 5.41) is 0. The highest BCUT2D eigenvalue weighted by atomic mass is 15.1. The lowest BCUT2D eigenvalue weighted by atomic mass is 9.94. The molecule has 2 aliphatic rings. The summed E-state index contributed by atoms with van der Waals surface area (Å²) in [6.45, 7) is 9.48. The van der Waals surface area contributed by atoms with Crippen molar-refractivity contribution in [1.82, 2.24) is 14.5 Å². The van der Waals surface area contributed by atoms with Crippen molar-refractivity contribution in [2.45, 2.75) is 52.0 Å². The quantitative estimate of drug-likeness (QED) is 0.801. The number of piperidine rings is 1. The minimum Gasteiger partial charge on any atom is -0.335 e. The van der Waals surface area contributed by atoms with Crippen LogP contribution in [0.2, 0.25) is 0 Å². The van der Waals surface area contributed by atoms with Crippen LogP contribution in [-0.2, 0) is 13.0 Å². The summed E-state index contributed by atoms with van der Waals surface area (Å²) in [6.07, 6.45) is 7.41. The van der Waals surface area contributed by atoms with E-state index in [1.807, 2.05) is 0 Å². The molecular weight excluding hydrogens is 222 g/mol. The third-order valence-electron chi connectivity index (χ3n) is 4.72. The van der Waals surface area contributed by atoms with Gasteiger partial charge in [0.15, 0.2) is 0 Å². The van der Waals surface area contributed by atoms with Gasteiger partial charge in [-0.15, -0.1) is 0 Å². The minimum atomic E-state index is 0.709. The molecule has 1 aromatic rings. The number of imidazole rings is 1. The molecule has 2 aliphatic heterocycles. The Hall–Kier alpha value is -0.830. The van der Waals surface area contributed by atoms with E-state index in [9.17, 15) is 0 Å². The van der Waals surface area contributed by atoms with Crippen LogP contribution in [0, 0.1) is 5.92 Å². The van der Waals surface area contributed by atoms with Crippen molar-refractivity contribution >= 4 is 0 Å². The van der Waals surface area contributed by atoms with Crippen LogP contribution in [0.15, 0.2) is 6.20 Å². The van der Waals surface area contributed by atoms with Gasteiger partial charge in [0.1, 0.15) is 5.82 Å². The Morgan fingerprint density at radius 3 is 2.72 bits per heavy atom. The van der Waals surface area contributed by atoms with Crippen LogP contribution in [0.1, 0.15) is 50.5 Å². The Labute approximate surface area is 110 Å². The number of rotatable bonds is 2. The molecule has 0 N–H and O–H groups in total. The maximum Gasteiger partial charge on any atom is 0.109 e. The molecule has 0 radical (unpaired) electrons. The number of likely N-dealkylation sites (tertiary alicyclic amines) is 1. The zero-order valence-corrected chi connectivity index (χ0v) is 11.7. The van der Waals surface area contributed by atoms with Crippen molar-refractivity contribution < 1.29 is 0 Å². The summed E-state index contributed by atoms with van der Waals surface area (Å²) >= 11 is 0. The third-order valence-corrected chi connectivity index (χ3v) is 4.72. The van der Waals surface area contributed by atoms with Crippen molar-refractivity contribution in [3.8, 4) is 0 Å². The highest BCUT2D eigenvalue weighted by Crippen LogP contribution is 2.29. The normalized spacial score (nSPS) is 26.2. The van der Waals surface area contributed by atoms with Crippen LogP contribution < -0.4 is 0 Å². The van der Waals surface area contributed by atoms with Crippen molar-refractivity contribution in [1.29, 1.82) is 0 Å². The first-order valence-electron chi connectivity index (χ1n) is 7.54. The molecule has 3 nitrogen and oxygen atoms in total. The first kappa shape index (κ1) is 12.2. The average molecular weight is 247 g/mol. The van der Waals surface area contributed by atoms with Gasteiger partial charge >= 0.3 is 0 Å². The molecule has 0 saturated carbocycles. The summed E-state index contributed by atoms with van der Waals surface area (Å²) < 4.78 is 2.40. The van der Waals surface area contributed by atoms with E-state index in [1.165, 1.54) is 63.4 Å². The molecule has 3 heterocycles. The van der Waals surface area contributed by atoms with E-state index in [0.29, 0.717) is 5.92 Å². The van der Waals surface area contributed by atoms with Gasteiger partial charge in [-0.25, -0.2) is 4.98 Å². The predicted octanol–water partition coefficient (Wildman–Crippen LogP) is 2.66. The zero-order valence-electron chi connectivity index (χ0n) is 11.7. The number of fused-ring (bicyclic) bond motifs is 1. The second-order valence-electron chi connectivity index (χ2n) is 6.08. The molecule has 3 rings (SSSR count). The zero-order chi connectivity index (χ0) is 12.5. The fraction of sp³-hybridized carbons (Fsp3) is 0.800. The fourth-order valence-corrected chi connectivity index (χ4v) is 3.35. The lowest BCUT2D eigenvalue weighted by molar-refractivity contribution is 0.221. The van der Waals surface area contributed by atoms with E-state index in [2.05, 4.69) is 29.5 Å². The van der Waals surface area contributed by atoms with Gasteiger partial charge in [-0.2, -0.15) is 0 Å². The predicted molar refractivity (Wildman–Crippen MR) is 73.8 cm³/mol. The fourth-order valence-electron chi connectivity index (χ4n) is 3.35. The highest BCUT2D eigenvalue weighted by molar-refractivity contribution is 5.12. The summed E-state index contributed by atoms with van der Waals surface area (Å²) in [5.74, 6) is 2.86. The molecule has 0 bridgehead atoms. The molecule has 1 aromatic heterocycles. The average Bonchev–Trinajstić information content (AvgIpc) is 2.81. The van der Waals surface area contributed by atoms with E-state index in [0.717, 1.165) is 5.92 Å². The Kier molecular flexibility index (Phi) is 3.42. The summed E-state index contributed by atoms with van der Waals surface area (Å²) in [5.41, 5.74) is 1.37. The van der Waals surface area contributed by atoms with Crippen LogP contribution in [0.4, 0.5) is 0 Å². The highest BCUT2D eigenvalue weighted by Gasteiger charge is 2.24. The molecule has 1 saturated heterocycles. The third kappa shape index (κ3) is 2.33. The first-order chi connectivity index (χ1) is 8.76. The lowest BCUT2D eigenvalue weighted by Crippen LogP contribution is -2.32.